The van der Waals surface area contributed by atoms with Crippen LogP contribution < -0.4 is 10.6 Å². The maximum Gasteiger partial charge on any atom is 0.315 e. The van der Waals surface area contributed by atoms with E-state index in [4.69, 9.17) is 21.1 Å². The number of likely N-dealkylation sites (tertiary alicyclic amines) is 1. The average Bonchev–Trinajstić information content (AvgIpc) is 3.12. The molecule has 2 aliphatic rings. The second-order valence-corrected chi connectivity index (χ2v) is 13.1. The SMILES string of the molecule is CCNC(=O)NCc1ccccc1-c1ccc(C2OC(CN3CCC(O)(c4ccc(Cl)cc4)CC3)CC(c3ccc(CO)cc3)O2)cc1. The first kappa shape index (κ1) is 34.1. The lowest BCUT2D eigenvalue weighted by molar-refractivity contribution is -0.253. The van der Waals surface area contributed by atoms with Gasteiger partial charge in [0, 0.05) is 49.7 Å². The van der Waals surface area contributed by atoms with Crippen LogP contribution in [-0.2, 0) is 28.2 Å². The summed E-state index contributed by atoms with van der Waals surface area (Å²) in [5.41, 5.74) is 5.99. The number of benzene rings is 4. The summed E-state index contributed by atoms with van der Waals surface area (Å²) >= 11 is 6.09. The summed E-state index contributed by atoms with van der Waals surface area (Å²) in [6.07, 6.45) is 1.12. The van der Waals surface area contributed by atoms with Gasteiger partial charge in [0.2, 0.25) is 0 Å². The smallest absolute Gasteiger partial charge is 0.315 e. The van der Waals surface area contributed by atoms with E-state index >= 15 is 0 Å². The molecule has 4 N–H and O–H groups in total. The third-order valence-electron chi connectivity index (χ3n) is 9.43. The van der Waals surface area contributed by atoms with E-state index < -0.39 is 11.9 Å². The molecule has 0 spiro atoms. The zero-order valence-corrected chi connectivity index (χ0v) is 28.0. The summed E-state index contributed by atoms with van der Waals surface area (Å²) in [5.74, 6) is 0. The Morgan fingerprint density at radius 2 is 1.58 bits per heavy atom. The van der Waals surface area contributed by atoms with Gasteiger partial charge >= 0.3 is 6.03 Å². The molecule has 4 aromatic carbocycles. The average molecular weight is 670 g/mol. The molecule has 2 heterocycles. The fourth-order valence-corrected chi connectivity index (χ4v) is 6.78. The Balaban J connectivity index is 1.17. The van der Waals surface area contributed by atoms with Gasteiger partial charge in [0.15, 0.2) is 6.29 Å². The maximum absolute atomic E-state index is 12.0. The van der Waals surface area contributed by atoms with Gasteiger partial charge in [-0.25, -0.2) is 4.79 Å². The van der Waals surface area contributed by atoms with Crippen LogP contribution in [0.3, 0.4) is 0 Å². The van der Waals surface area contributed by atoms with E-state index in [0.29, 0.717) is 37.4 Å². The lowest BCUT2D eigenvalue weighted by atomic mass is 9.84. The summed E-state index contributed by atoms with van der Waals surface area (Å²) in [6, 6.07) is 31.6. The topological polar surface area (TPSA) is 103 Å². The fourth-order valence-electron chi connectivity index (χ4n) is 6.65. The number of carbonyl (C=O) groups excluding carboxylic acids is 1. The van der Waals surface area contributed by atoms with Crippen molar-refractivity contribution in [2.45, 2.75) is 63.4 Å². The Hall–Kier alpha value is -3.76. The van der Waals surface area contributed by atoms with Gasteiger partial charge in [0.1, 0.15) is 0 Å². The number of nitrogens with zero attached hydrogens (tertiary/aromatic N) is 1. The molecule has 3 unspecified atom stereocenters. The van der Waals surface area contributed by atoms with Crippen LogP contribution in [-0.4, -0.2) is 53.4 Å². The maximum atomic E-state index is 12.0. The molecule has 0 bridgehead atoms. The minimum Gasteiger partial charge on any atom is -0.392 e. The highest BCUT2D eigenvalue weighted by atomic mass is 35.5. The van der Waals surface area contributed by atoms with Crippen LogP contribution in [0, 0.1) is 0 Å². The van der Waals surface area contributed by atoms with E-state index in [2.05, 4.69) is 45.9 Å². The number of rotatable bonds is 10. The van der Waals surface area contributed by atoms with Crippen molar-refractivity contribution in [2.24, 2.45) is 0 Å². The molecule has 4 aromatic rings. The van der Waals surface area contributed by atoms with Crippen LogP contribution in [0.1, 0.15) is 66.4 Å². The van der Waals surface area contributed by atoms with Crippen molar-refractivity contribution in [2.75, 3.05) is 26.2 Å². The van der Waals surface area contributed by atoms with Crippen LogP contribution >= 0.6 is 11.6 Å². The number of aliphatic hydroxyl groups is 2. The predicted octanol–water partition coefficient (Wildman–Crippen LogP) is 6.85. The van der Waals surface area contributed by atoms with Crippen LogP contribution in [0.25, 0.3) is 11.1 Å². The van der Waals surface area contributed by atoms with Crippen LogP contribution in [0.4, 0.5) is 4.79 Å². The van der Waals surface area contributed by atoms with Crippen molar-refractivity contribution in [3.05, 3.63) is 130 Å². The van der Waals surface area contributed by atoms with Gasteiger partial charge < -0.3 is 35.2 Å². The summed E-state index contributed by atoms with van der Waals surface area (Å²) in [4.78, 5) is 14.4. The van der Waals surface area contributed by atoms with Crippen molar-refractivity contribution in [3.63, 3.8) is 0 Å². The molecule has 3 atom stereocenters. The van der Waals surface area contributed by atoms with Crippen LogP contribution in [0.15, 0.2) is 97.1 Å². The lowest BCUT2D eigenvalue weighted by Gasteiger charge is -2.42. The molecule has 252 valence electrons. The number of aliphatic hydroxyl groups excluding tert-OH is 1. The van der Waals surface area contributed by atoms with Gasteiger partial charge in [-0.2, -0.15) is 0 Å². The fraction of sp³-hybridized carbons (Fsp3) is 0.359. The molecule has 48 heavy (non-hydrogen) atoms. The standard InChI is InChI=1S/C39H44ClN3O5/c1-2-41-38(45)42-24-31-5-3-4-6-35(31)28-11-13-30(14-12-28)37-47-34(23-36(48-37)29-9-7-27(26-44)8-10-29)25-43-21-19-39(46,20-22-43)32-15-17-33(40)18-16-32/h3-18,34,36-37,44,46H,2,19-26H2,1H3,(H2,41,42,45). The number of amides is 2. The lowest BCUT2D eigenvalue weighted by Crippen LogP contribution is -2.46. The van der Waals surface area contributed by atoms with Gasteiger partial charge in [0.25, 0.3) is 0 Å². The molecular formula is C39H44ClN3O5. The Morgan fingerprint density at radius 3 is 2.27 bits per heavy atom. The van der Waals surface area contributed by atoms with E-state index in [1.165, 1.54) is 0 Å². The predicted molar refractivity (Wildman–Crippen MR) is 187 cm³/mol. The summed E-state index contributed by atoms with van der Waals surface area (Å²) in [5, 5.41) is 27.4. The van der Waals surface area contributed by atoms with Gasteiger partial charge in [0.05, 0.1) is 24.4 Å². The quantitative estimate of drug-likeness (QED) is 0.147. The number of hydrogen-bond acceptors (Lipinski definition) is 6. The summed E-state index contributed by atoms with van der Waals surface area (Å²) < 4.78 is 13.2. The molecule has 2 saturated heterocycles. The Bertz CT molecular complexity index is 1640. The van der Waals surface area contributed by atoms with E-state index in [0.717, 1.165) is 58.6 Å². The van der Waals surface area contributed by atoms with Crippen molar-refractivity contribution >= 4 is 17.6 Å². The Labute approximate surface area is 287 Å². The van der Waals surface area contributed by atoms with E-state index in [1.54, 1.807) is 0 Å². The molecule has 0 radical (unpaired) electrons. The monoisotopic (exact) mass is 669 g/mol. The molecule has 0 saturated carbocycles. The van der Waals surface area contributed by atoms with Gasteiger partial charge in [-0.05, 0) is 65.3 Å². The molecule has 2 aliphatic heterocycles. The second kappa shape index (κ2) is 15.6. The van der Waals surface area contributed by atoms with Gasteiger partial charge in [-0.15, -0.1) is 0 Å². The first-order valence-corrected chi connectivity index (χ1v) is 17.1. The largest absolute Gasteiger partial charge is 0.392 e. The molecule has 2 fully saturated rings. The van der Waals surface area contributed by atoms with Crippen LogP contribution in [0.5, 0.6) is 0 Å². The molecule has 6 rings (SSSR count). The highest BCUT2D eigenvalue weighted by Gasteiger charge is 2.37. The zero-order chi connectivity index (χ0) is 33.5. The third-order valence-corrected chi connectivity index (χ3v) is 9.68. The number of urea groups is 1. The molecule has 0 aliphatic carbocycles. The van der Waals surface area contributed by atoms with Crippen molar-refractivity contribution in [3.8, 4) is 11.1 Å². The van der Waals surface area contributed by atoms with E-state index in [1.807, 2.05) is 73.7 Å². The Kier molecular flexibility index (Phi) is 11.1. The minimum absolute atomic E-state index is 0.00499. The second-order valence-electron chi connectivity index (χ2n) is 12.7. The zero-order valence-electron chi connectivity index (χ0n) is 27.3. The molecule has 8 nitrogen and oxygen atoms in total. The van der Waals surface area contributed by atoms with Crippen molar-refractivity contribution < 1.29 is 24.5 Å². The summed E-state index contributed by atoms with van der Waals surface area (Å²) in [7, 11) is 0. The number of halogens is 1. The van der Waals surface area contributed by atoms with E-state index in [9.17, 15) is 15.0 Å². The first-order valence-electron chi connectivity index (χ1n) is 16.7. The van der Waals surface area contributed by atoms with Gasteiger partial charge in [-0.3, -0.25) is 0 Å². The molecular weight excluding hydrogens is 626 g/mol. The van der Waals surface area contributed by atoms with Crippen LogP contribution in [0.2, 0.25) is 5.02 Å². The molecule has 9 heteroatoms. The minimum atomic E-state index is -0.866. The summed E-state index contributed by atoms with van der Waals surface area (Å²) in [6.45, 7) is 5.11. The molecule has 2 amide bonds. The number of hydrogen-bond donors (Lipinski definition) is 4. The van der Waals surface area contributed by atoms with Crippen molar-refractivity contribution in [1.82, 2.24) is 15.5 Å². The number of ether oxygens (including phenoxy) is 2. The first-order chi connectivity index (χ1) is 23.3. The molecule has 0 aromatic heterocycles. The van der Waals surface area contributed by atoms with E-state index in [-0.39, 0.29) is 24.8 Å². The number of nitrogens with one attached hydrogen (secondary N) is 2. The highest BCUT2D eigenvalue weighted by Crippen LogP contribution is 2.40. The highest BCUT2D eigenvalue weighted by molar-refractivity contribution is 6.30. The number of carbonyl (C=O) groups is 1. The third kappa shape index (κ3) is 8.26. The number of piperidine rings is 1. The Morgan fingerprint density at radius 1 is 0.896 bits per heavy atom. The van der Waals surface area contributed by atoms with Crippen molar-refractivity contribution in [1.29, 1.82) is 0 Å². The normalized spacial score (nSPS) is 21.0. The van der Waals surface area contributed by atoms with Gasteiger partial charge in [-0.1, -0.05) is 96.5 Å².